The number of amides is 1. The molecule has 2 aromatic rings. The molecular weight excluding hydrogens is 347 g/mol. The molecule has 1 aliphatic rings. The molecule has 4 nitrogen and oxygen atoms in total. The van der Waals surface area contributed by atoms with Crippen molar-refractivity contribution in [3.63, 3.8) is 0 Å². The second kappa shape index (κ2) is 7.86. The third kappa shape index (κ3) is 4.00. The summed E-state index contributed by atoms with van der Waals surface area (Å²) in [6.07, 6.45) is 3.30. The van der Waals surface area contributed by atoms with E-state index in [1.807, 2.05) is 17.0 Å². The minimum Gasteiger partial charge on any atom is -0.486 e. The predicted octanol–water partition coefficient (Wildman–Crippen LogP) is 4.59. The summed E-state index contributed by atoms with van der Waals surface area (Å²) in [5, 5.41) is 0.816. The molecule has 6 heteroatoms. The van der Waals surface area contributed by atoms with Gasteiger partial charge in [0.15, 0.2) is 0 Å². The van der Waals surface area contributed by atoms with Gasteiger partial charge < -0.3 is 9.64 Å². The number of carbonyl (C=O) groups is 1. The first-order valence-corrected chi connectivity index (χ1v) is 8.73. The van der Waals surface area contributed by atoms with Crippen LogP contribution in [0.1, 0.15) is 35.4 Å². The number of aromatic nitrogens is 1. The van der Waals surface area contributed by atoms with Gasteiger partial charge in [-0.1, -0.05) is 35.3 Å². The van der Waals surface area contributed by atoms with Crippen LogP contribution in [-0.4, -0.2) is 28.9 Å². The Labute approximate surface area is 151 Å². The van der Waals surface area contributed by atoms with Crippen LogP contribution >= 0.6 is 23.2 Å². The number of benzene rings is 1. The molecule has 126 valence electrons. The molecule has 1 aliphatic heterocycles. The minimum absolute atomic E-state index is 0.0164. The lowest BCUT2D eigenvalue weighted by molar-refractivity contribution is 0.0718. The molecule has 0 bridgehead atoms. The monoisotopic (exact) mass is 364 g/mol. The van der Waals surface area contributed by atoms with Crippen LogP contribution in [0, 0.1) is 0 Å². The van der Waals surface area contributed by atoms with Gasteiger partial charge in [0.1, 0.15) is 23.1 Å². The first-order chi connectivity index (χ1) is 11.6. The lowest BCUT2D eigenvalue weighted by Gasteiger charge is -2.26. The molecule has 0 radical (unpaired) electrons. The highest BCUT2D eigenvalue weighted by molar-refractivity contribution is 6.42. The Kier molecular flexibility index (Phi) is 5.59. The minimum atomic E-state index is -0.0164. The number of piperidine rings is 1. The molecule has 1 aromatic heterocycles. The molecule has 2 heterocycles. The van der Waals surface area contributed by atoms with Crippen LogP contribution in [0.4, 0.5) is 0 Å². The zero-order chi connectivity index (χ0) is 16.9. The van der Waals surface area contributed by atoms with Gasteiger partial charge in [0.2, 0.25) is 0 Å². The zero-order valence-corrected chi connectivity index (χ0v) is 14.7. The summed E-state index contributed by atoms with van der Waals surface area (Å²) in [5.74, 6) is 0.482. The van der Waals surface area contributed by atoms with Crippen LogP contribution in [-0.2, 0) is 6.61 Å². The van der Waals surface area contributed by atoms with E-state index >= 15 is 0 Å². The van der Waals surface area contributed by atoms with Crippen LogP contribution in [0.5, 0.6) is 5.75 Å². The number of hydrogen-bond donors (Lipinski definition) is 0. The molecule has 0 atom stereocenters. The molecule has 0 saturated carbocycles. The Hall–Kier alpha value is -1.78. The molecular formula is C18H18Cl2N2O2. The van der Waals surface area contributed by atoms with Crippen molar-refractivity contribution < 1.29 is 9.53 Å². The van der Waals surface area contributed by atoms with E-state index < -0.39 is 0 Å². The topological polar surface area (TPSA) is 42.4 Å². The third-order valence-electron chi connectivity index (χ3n) is 3.96. The third-order valence-corrected chi connectivity index (χ3v) is 4.76. The summed E-state index contributed by atoms with van der Waals surface area (Å²) in [4.78, 5) is 18.8. The lowest BCUT2D eigenvalue weighted by atomic mass is 10.1. The van der Waals surface area contributed by atoms with Gasteiger partial charge in [0, 0.05) is 13.1 Å². The van der Waals surface area contributed by atoms with Gasteiger partial charge in [-0.25, -0.2) is 4.98 Å². The summed E-state index contributed by atoms with van der Waals surface area (Å²) < 4.78 is 5.68. The van der Waals surface area contributed by atoms with E-state index in [1.54, 1.807) is 24.3 Å². The van der Waals surface area contributed by atoms with Crippen LogP contribution in [0.15, 0.2) is 36.4 Å². The second-order valence-electron chi connectivity index (χ2n) is 5.71. The highest BCUT2D eigenvalue weighted by Crippen LogP contribution is 2.31. The fourth-order valence-corrected chi connectivity index (χ4v) is 3.03. The summed E-state index contributed by atoms with van der Waals surface area (Å²) in [6.45, 7) is 1.83. The molecule has 0 spiro atoms. The highest BCUT2D eigenvalue weighted by atomic mass is 35.5. The van der Waals surface area contributed by atoms with Gasteiger partial charge in [-0.05, 0) is 43.5 Å². The van der Waals surface area contributed by atoms with E-state index in [-0.39, 0.29) is 12.5 Å². The zero-order valence-electron chi connectivity index (χ0n) is 13.2. The number of rotatable bonds is 4. The molecule has 0 unspecified atom stereocenters. The van der Waals surface area contributed by atoms with Crippen molar-refractivity contribution in [2.75, 3.05) is 13.1 Å². The second-order valence-corrected chi connectivity index (χ2v) is 6.49. The molecule has 0 aliphatic carbocycles. The van der Waals surface area contributed by atoms with Crippen molar-refractivity contribution in [3.05, 3.63) is 57.8 Å². The smallest absolute Gasteiger partial charge is 0.272 e. The fourth-order valence-electron chi connectivity index (χ4n) is 2.69. The van der Waals surface area contributed by atoms with E-state index in [0.717, 1.165) is 25.9 Å². The average Bonchev–Trinajstić information content (AvgIpc) is 2.63. The first kappa shape index (κ1) is 17.1. The van der Waals surface area contributed by atoms with Crippen LogP contribution < -0.4 is 4.74 Å². The number of pyridine rings is 1. The maximum atomic E-state index is 12.5. The average molecular weight is 365 g/mol. The normalized spacial score (nSPS) is 14.5. The SMILES string of the molecule is O=C(c1cccc(COc2cccc(Cl)c2Cl)n1)N1CCCCC1. The van der Waals surface area contributed by atoms with Gasteiger partial charge in [0.05, 0.1) is 10.7 Å². The Balaban J connectivity index is 1.69. The Morgan fingerprint density at radius 1 is 1.08 bits per heavy atom. The predicted molar refractivity (Wildman–Crippen MR) is 94.8 cm³/mol. The van der Waals surface area contributed by atoms with Crippen LogP contribution in [0.25, 0.3) is 0 Å². The summed E-state index contributed by atoms with van der Waals surface area (Å²) in [5.41, 5.74) is 1.13. The van der Waals surface area contributed by atoms with Crippen molar-refractivity contribution in [2.45, 2.75) is 25.9 Å². The maximum absolute atomic E-state index is 12.5. The summed E-state index contributed by atoms with van der Waals surface area (Å²) >= 11 is 12.1. The number of likely N-dealkylation sites (tertiary alicyclic amines) is 1. The van der Waals surface area contributed by atoms with Crippen LogP contribution in [0.2, 0.25) is 10.0 Å². The van der Waals surface area contributed by atoms with E-state index in [1.165, 1.54) is 6.42 Å². The van der Waals surface area contributed by atoms with Gasteiger partial charge in [0.25, 0.3) is 5.91 Å². The van der Waals surface area contributed by atoms with E-state index in [2.05, 4.69) is 4.98 Å². The van der Waals surface area contributed by atoms with Crippen molar-refractivity contribution >= 4 is 29.1 Å². The molecule has 1 aromatic carbocycles. The number of carbonyl (C=O) groups excluding carboxylic acids is 1. The van der Waals surface area contributed by atoms with E-state index in [4.69, 9.17) is 27.9 Å². The highest BCUT2D eigenvalue weighted by Gasteiger charge is 2.19. The number of halogens is 2. The number of nitrogens with zero attached hydrogens (tertiary/aromatic N) is 2. The lowest BCUT2D eigenvalue weighted by Crippen LogP contribution is -2.36. The molecule has 1 saturated heterocycles. The van der Waals surface area contributed by atoms with E-state index in [9.17, 15) is 4.79 Å². The van der Waals surface area contributed by atoms with E-state index in [0.29, 0.717) is 27.2 Å². The molecule has 1 fully saturated rings. The largest absolute Gasteiger partial charge is 0.486 e. The number of hydrogen-bond acceptors (Lipinski definition) is 3. The van der Waals surface area contributed by atoms with Crippen molar-refractivity contribution in [1.29, 1.82) is 0 Å². The van der Waals surface area contributed by atoms with Crippen molar-refractivity contribution in [2.24, 2.45) is 0 Å². The van der Waals surface area contributed by atoms with Crippen molar-refractivity contribution in [3.8, 4) is 5.75 Å². The maximum Gasteiger partial charge on any atom is 0.272 e. The van der Waals surface area contributed by atoms with Gasteiger partial charge in [-0.2, -0.15) is 0 Å². The Morgan fingerprint density at radius 2 is 1.83 bits per heavy atom. The molecule has 1 amide bonds. The van der Waals surface area contributed by atoms with Crippen LogP contribution in [0.3, 0.4) is 0 Å². The fraction of sp³-hybridized carbons (Fsp3) is 0.333. The molecule has 24 heavy (non-hydrogen) atoms. The number of ether oxygens (including phenoxy) is 1. The van der Waals surface area contributed by atoms with Gasteiger partial charge in [-0.15, -0.1) is 0 Å². The summed E-state index contributed by atoms with van der Waals surface area (Å²) in [7, 11) is 0. The van der Waals surface area contributed by atoms with Gasteiger partial charge >= 0.3 is 0 Å². The Bertz CT molecular complexity index is 731. The standard InChI is InChI=1S/C18H18Cl2N2O2/c19-14-7-5-9-16(17(14)20)24-12-13-6-4-8-15(21-13)18(23)22-10-2-1-3-11-22/h4-9H,1-3,10-12H2. The van der Waals surface area contributed by atoms with Crippen molar-refractivity contribution in [1.82, 2.24) is 9.88 Å². The molecule has 0 N–H and O–H groups in total. The molecule has 3 rings (SSSR count). The Morgan fingerprint density at radius 3 is 2.62 bits per heavy atom. The summed E-state index contributed by atoms with van der Waals surface area (Å²) in [6, 6.07) is 10.6. The van der Waals surface area contributed by atoms with Gasteiger partial charge in [-0.3, -0.25) is 4.79 Å². The quantitative estimate of drug-likeness (QED) is 0.796. The first-order valence-electron chi connectivity index (χ1n) is 7.97.